The van der Waals surface area contributed by atoms with Gasteiger partial charge in [-0.25, -0.2) is 0 Å². The van der Waals surface area contributed by atoms with E-state index in [0.29, 0.717) is 37.6 Å². The molecule has 1 heterocycles. The normalized spacial score (nSPS) is 18.6. The molecule has 0 aliphatic carbocycles. The van der Waals surface area contributed by atoms with Crippen molar-refractivity contribution in [3.63, 3.8) is 0 Å². The van der Waals surface area contributed by atoms with Crippen molar-refractivity contribution in [3.05, 3.63) is 29.3 Å². The monoisotopic (exact) mass is 547 g/mol. The highest BCUT2D eigenvalue weighted by Crippen LogP contribution is 2.28. The first-order valence-electron chi connectivity index (χ1n) is 14.7. The minimum Gasteiger partial charge on any atom is -0.496 e. The number of methoxy groups -OCH3 is 2. The van der Waals surface area contributed by atoms with Crippen molar-refractivity contribution in [3.8, 4) is 5.75 Å². The molecule has 0 saturated carbocycles. The number of aliphatic hydroxyl groups is 1. The van der Waals surface area contributed by atoms with Gasteiger partial charge in [-0.15, -0.1) is 0 Å². The van der Waals surface area contributed by atoms with Gasteiger partial charge in [-0.05, 0) is 79.9 Å². The summed E-state index contributed by atoms with van der Waals surface area (Å²) in [5.41, 5.74) is 9.01. The number of nitrogens with one attached hydrogen (secondary N) is 2. The summed E-state index contributed by atoms with van der Waals surface area (Å²) < 4.78 is 10.8. The van der Waals surface area contributed by atoms with E-state index in [0.717, 1.165) is 44.5 Å². The Kier molecular flexibility index (Phi) is 14.3. The Hall–Kier alpha value is -2.16. The van der Waals surface area contributed by atoms with Crippen LogP contribution < -0.4 is 21.1 Å². The number of unbranched alkanes of at least 4 members (excludes halogenated alkanes) is 1. The van der Waals surface area contributed by atoms with Crippen molar-refractivity contribution in [1.82, 2.24) is 10.6 Å². The molecule has 0 unspecified atom stereocenters. The van der Waals surface area contributed by atoms with Gasteiger partial charge in [0.25, 0.3) is 0 Å². The Morgan fingerprint density at radius 3 is 2.49 bits per heavy atom. The standard InChI is InChI=1S/C31H53N3O5/c1-20(2)24(16-22-10-12-29(39-6)23(15-22)9-7-8-14-38-5)17-27(32)28(35)18-26(21(3)4)31(37)33-19-25-11-13-30(36)34-25/h10,12,15,20-21,24-28,35H,7-9,11,13-14,16-19,32H2,1-6H3,(H,33,37)(H,34,36)/t24-,25+,26-,27-,28-/m0/s1. The van der Waals surface area contributed by atoms with Crippen LogP contribution in [0.4, 0.5) is 0 Å². The summed E-state index contributed by atoms with van der Waals surface area (Å²) in [6.45, 7) is 9.56. The molecule has 8 heteroatoms. The number of carbonyl (C=O) groups is 2. The van der Waals surface area contributed by atoms with Gasteiger partial charge >= 0.3 is 0 Å². The summed E-state index contributed by atoms with van der Waals surface area (Å²) in [6, 6.07) is 5.98. The van der Waals surface area contributed by atoms with Gasteiger partial charge in [0, 0.05) is 44.7 Å². The fraction of sp³-hybridized carbons (Fsp3) is 0.742. The molecule has 1 fully saturated rings. The van der Waals surface area contributed by atoms with E-state index in [2.05, 4.69) is 42.7 Å². The van der Waals surface area contributed by atoms with E-state index >= 15 is 0 Å². The molecule has 1 saturated heterocycles. The lowest BCUT2D eigenvalue weighted by molar-refractivity contribution is -0.128. The zero-order valence-electron chi connectivity index (χ0n) is 25.0. The molecule has 5 N–H and O–H groups in total. The fourth-order valence-electron chi connectivity index (χ4n) is 5.42. The van der Waals surface area contributed by atoms with E-state index in [1.807, 2.05) is 13.8 Å². The number of ether oxygens (including phenoxy) is 2. The molecule has 0 bridgehead atoms. The van der Waals surface area contributed by atoms with Gasteiger partial charge in [0.05, 0.1) is 13.2 Å². The van der Waals surface area contributed by atoms with Gasteiger partial charge in [-0.3, -0.25) is 9.59 Å². The lowest BCUT2D eigenvalue weighted by Crippen LogP contribution is -2.45. The first kappa shape index (κ1) is 33.0. The molecule has 0 aromatic heterocycles. The van der Waals surface area contributed by atoms with Gasteiger partial charge in [0.1, 0.15) is 5.75 Å². The zero-order valence-corrected chi connectivity index (χ0v) is 25.0. The van der Waals surface area contributed by atoms with Crippen LogP contribution in [0.25, 0.3) is 0 Å². The van der Waals surface area contributed by atoms with Crippen LogP contribution >= 0.6 is 0 Å². The maximum absolute atomic E-state index is 13.0. The Morgan fingerprint density at radius 1 is 1.15 bits per heavy atom. The van der Waals surface area contributed by atoms with Crippen molar-refractivity contribution in [2.24, 2.45) is 29.4 Å². The number of rotatable bonds is 18. The lowest BCUT2D eigenvalue weighted by Gasteiger charge is -2.30. The maximum atomic E-state index is 13.0. The second-order valence-corrected chi connectivity index (χ2v) is 11.9. The van der Waals surface area contributed by atoms with Crippen molar-refractivity contribution in [2.45, 2.75) is 97.2 Å². The quantitative estimate of drug-likeness (QED) is 0.208. The Labute approximate surface area is 235 Å². The summed E-state index contributed by atoms with van der Waals surface area (Å²) in [4.78, 5) is 24.4. The summed E-state index contributed by atoms with van der Waals surface area (Å²) in [7, 11) is 3.44. The first-order valence-corrected chi connectivity index (χ1v) is 14.7. The topological polar surface area (TPSA) is 123 Å². The SMILES string of the molecule is COCCCCc1cc(C[C@@H](C[C@H](N)[C@@H](O)C[C@H](C(=O)NC[C@H]2CCC(=O)N2)C(C)C)C(C)C)ccc1OC. The molecule has 39 heavy (non-hydrogen) atoms. The van der Waals surface area contributed by atoms with E-state index in [4.69, 9.17) is 15.2 Å². The molecule has 1 aliphatic heterocycles. The van der Waals surface area contributed by atoms with Crippen LogP contribution in [-0.2, 0) is 27.2 Å². The second kappa shape index (κ2) is 16.8. The highest BCUT2D eigenvalue weighted by atomic mass is 16.5. The van der Waals surface area contributed by atoms with Crippen LogP contribution in [0.15, 0.2) is 18.2 Å². The number of aliphatic hydroxyl groups excluding tert-OH is 1. The molecule has 1 aliphatic rings. The maximum Gasteiger partial charge on any atom is 0.223 e. The van der Waals surface area contributed by atoms with Crippen LogP contribution in [0.2, 0.25) is 0 Å². The summed E-state index contributed by atoms with van der Waals surface area (Å²) in [5.74, 6) is 1.26. The number of hydrogen-bond acceptors (Lipinski definition) is 6. The van der Waals surface area contributed by atoms with Crippen LogP contribution in [-0.4, -0.2) is 62.5 Å². The van der Waals surface area contributed by atoms with Crippen LogP contribution in [0.1, 0.15) is 77.3 Å². The zero-order chi connectivity index (χ0) is 28.9. The number of aryl methyl sites for hydroxylation is 1. The van der Waals surface area contributed by atoms with Crippen molar-refractivity contribution in [1.29, 1.82) is 0 Å². The average molecular weight is 548 g/mol. The van der Waals surface area contributed by atoms with Crippen molar-refractivity contribution >= 4 is 11.8 Å². The van der Waals surface area contributed by atoms with Gasteiger partial charge in [0.15, 0.2) is 0 Å². The molecular formula is C31H53N3O5. The third-order valence-electron chi connectivity index (χ3n) is 8.14. The number of benzene rings is 1. The van der Waals surface area contributed by atoms with Gasteiger partial charge in [-0.2, -0.15) is 0 Å². The minimum atomic E-state index is -0.775. The number of nitrogens with two attached hydrogens (primary N) is 1. The van der Waals surface area contributed by atoms with E-state index in [1.54, 1.807) is 14.2 Å². The molecule has 1 aromatic carbocycles. The molecule has 0 radical (unpaired) electrons. The molecule has 5 atom stereocenters. The smallest absolute Gasteiger partial charge is 0.223 e. The predicted molar refractivity (Wildman–Crippen MR) is 156 cm³/mol. The average Bonchev–Trinajstić information content (AvgIpc) is 3.32. The van der Waals surface area contributed by atoms with Crippen LogP contribution in [0, 0.1) is 23.7 Å². The highest BCUT2D eigenvalue weighted by Gasteiger charge is 2.30. The molecule has 8 nitrogen and oxygen atoms in total. The van der Waals surface area contributed by atoms with E-state index in [9.17, 15) is 14.7 Å². The third kappa shape index (κ3) is 11.1. The van der Waals surface area contributed by atoms with E-state index < -0.39 is 12.1 Å². The molecule has 2 amide bonds. The number of amides is 2. The lowest BCUT2D eigenvalue weighted by atomic mass is 9.80. The number of hydrogen-bond donors (Lipinski definition) is 4. The predicted octanol–water partition coefficient (Wildman–Crippen LogP) is 3.61. The van der Waals surface area contributed by atoms with Crippen LogP contribution in [0.3, 0.4) is 0 Å². The van der Waals surface area contributed by atoms with E-state index in [1.165, 1.54) is 11.1 Å². The fourth-order valence-corrected chi connectivity index (χ4v) is 5.42. The van der Waals surface area contributed by atoms with Crippen LogP contribution in [0.5, 0.6) is 5.75 Å². The molecule has 0 spiro atoms. The van der Waals surface area contributed by atoms with E-state index in [-0.39, 0.29) is 29.7 Å². The Balaban J connectivity index is 1.97. The molecule has 1 aromatic rings. The van der Waals surface area contributed by atoms with Gasteiger partial charge < -0.3 is 30.9 Å². The summed E-state index contributed by atoms with van der Waals surface area (Å²) in [5, 5.41) is 16.9. The summed E-state index contributed by atoms with van der Waals surface area (Å²) in [6.07, 6.45) is 5.32. The molecule has 222 valence electrons. The highest BCUT2D eigenvalue weighted by molar-refractivity contribution is 5.80. The molecule has 2 rings (SSSR count). The Morgan fingerprint density at radius 2 is 1.90 bits per heavy atom. The minimum absolute atomic E-state index is 0.0166. The second-order valence-electron chi connectivity index (χ2n) is 11.9. The van der Waals surface area contributed by atoms with Crippen molar-refractivity contribution in [2.75, 3.05) is 27.4 Å². The summed E-state index contributed by atoms with van der Waals surface area (Å²) >= 11 is 0. The van der Waals surface area contributed by atoms with Gasteiger partial charge in [-0.1, -0.05) is 39.8 Å². The Bertz CT molecular complexity index is 891. The van der Waals surface area contributed by atoms with Crippen molar-refractivity contribution < 1.29 is 24.2 Å². The largest absolute Gasteiger partial charge is 0.496 e. The van der Waals surface area contributed by atoms with Gasteiger partial charge in [0.2, 0.25) is 11.8 Å². The number of carbonyl (C=O) groups excluding carboxylic acids is 2. The third-order valence-corrected chi connectivity index (χ3v) is 8.14. The molecular weight excluding hydrogens is 494 g/mol. The first-order chi connectivity index (χ1) is 18.5.